The Hall–Kier alpha value is -1.42. The second kappa shape index (κ2) is 4.61. The van der Waals surface area contributed by atoms with E-state index in [4.69, 9.17) is 5.11 Å². The van der Waals surface area contributed by atoms with Crippen LogP contribution in [0.1, 0.15) is 12.0 Å². The molecule has 85 valence electrons. The Bertz CT molecular complexity index is 394. The first kappa shape index (κ1) is 11.1. The second-order valence-electron chi connectivity index (χ2n) is 4.10. The maximum Gasteiger partial charge on any atom is 0.307 e. The van der Waals surface area contributed by atoms with Gasteiger partial charge in [0.1, 0.15) is 5.82 Å². The fraction of sp³-hybridized carbons (Fsp3) is 0.417. The summed E-state index contributed by atoms with van der Waals surface area (Å²) in [4.78, 5) is 12.8. The maximum absolute atomic E-state index is 12.9. The van der Waals surface area contributed by atoms with Gasteiger partial charge in [0.15, 0.2) is 0 Å². The van der Waals surface area contributed by atoms with Crippen molar-refractivity contribution >= 4 is 5.97 Å². The fourth-order valence-electron chi connectivity index (χ4n) is 2.02. The van der Waals surface area contributed by atoms with Gasteiger partial charge in [-0.15, -0.1) is 0 Å². The number of hydrogen-bond donors (Lipinski definition) is 1. The Morgan fingerprint density at radius 1 is 1.69 bits per heavy atom. The van der Waals surface area contributed by atoms with Crippen LogP contribution >= 0.6 is 0 Å². The Labute approximate surface area is 93.5 Å². The first-order valence-corrected chi connectivity index (χ1v) is 5.26. The summed E-state index contributed by atoms with van der Waals surface area (Å²) in [5.41, 5.74) is 0.863. The summed E-state index contributed by atoms with van der Waals surface area (Å²) in [5, 5.41) is 8.85. The minimum absolute atomic E-state index is 0.278. The summed E-state index contributed by atoms with van der Waals surface area (Å²) >= 11 is 0. The number of aliphatic carboxylic acids is 1. The summed E-state index contributed by atoms with van der Waals surface area (Å²) in [6, 6.07) is 7.24. The van der Waals surface area contributed by atoms with Gasteiger partial charge < -0.3 is 5.11 Å². The summed E-state index contributed by atoms with van der Waals surface area (Å²) in [5.74, 6) is -1.39. The minimum Gasteiger partial charge on any atom is -0.481 e. The van der Waals surface area contributed by atoms with Gasteiger partial charge in [-0.25, -0.2) is 4.39 Å². The number of carboxylic acid groups (broad SMARTS) is 1. The number of rotatable bonds is 3. The van der Waals surface area contributed by atoms with E-state index < -0.39 is 5.97 Å². The van der Waals surface area contributed by atoms with Crippen molar-refractivity contribution in [3.8, 4) is 0 Å². The van der Waals surface area contributed by atoms with Gasteiger partial charge in [-0.2, -0.15) is 0 Å². The molecule has 0 unspecified atom stereocenters. The zero-order valence-corrected chi connectivity index (χ0v) is 8.82. The molecule has 0 spiro atoms. The van der Waals surface area contributed by atoms with Crippen LogP contribution in [0.3, 0.4) is 0 Å². The summed E-state index contributed by atoms with van der Waals surface area (Å²) in [7, 11) is 0. The third kappa shape index (κ3) is 2.58. The van der Waals surface area contributed by atoms with E-state index in [1.807, 2.05) is 4.90 Å². The van der Waals surface area contributed by atoms with E-state index in [1.165, 1.54) is 6.07 Å². The first-order valence-electron chi connectivity index (χ1n) is 5.26. The van der Waals surface area contributed by atoms with E-state index in [0.717, 1.165) is 12.1 Å². The average molecular weight is 222 g/mol. The molecule has 3 nitrogen and oxygen atoms in total. The molecular weight excluding hydrogens is 209 g/mol. The highest BCUT2D eigenvalue weighted by molar-refractivity contribution is 5.70. The second-order valence-corrected chi connectivity index (χ2v) is 4.10. The number of halogens is 1. The molecule has 1 radical (unpaired) electrons. The maximum atomic E-state index is 12.9. The third-order valence-electron chi connectivity index (χ3n) is 2.86. The van der Waals surface area contributed by atoms with E-state index in [9.17, 15) is 9.18 Å². The molecule has 16 heavy (non-hydrogen) atoms. The van der Waals surface area contributed by atoms with Crippen LogP contribution in [0.2, 0.25) is 0 Å². The van der Waals surface area contributed by atoms with Gasteiger partial charge in [0, 0.05) is 19.2 Å². The van der Waals surface area contributed by atoms with Crippen molar-refractivity contribution in [3.05, 3.63) is 35.6 Å². The van der Waals surface area contributed by atoms with E-state index in [-0.39, 0.29) is 11.7 Å². The number of hydrogen-bond acceptors (Lipinski definition) is 2. The molecule has 2 rings (SSSR count). The average Bonchev–Trinajstić information content (AvgIpc) is 2.66. The zero-order valence-electron chi connectivity index (χ0n) is 8.82. The van der Waals surface area contributed by atoms with E-state index >= 15 is 0 Å². The molecule has 1 aromatic rings. The molecule has 4 heteroatoms. The quantitative estimate of drug-likeness (QED) is 0.843. The van der Waals surface area contributed by atoms with Crippen LogP contribution in [0.25, 0.3) is 0 Å². The van der Waals surface area contributed by atoms with Crippen LogP contribution in [0, 0.1) is 17.8 Å². The lowest BCUT2D eigenvalue weighted by atomic mass is 10.1. The Morgan fingerprint density at radius 2 is 2.50 bits per heavy atom. The van der Waals surface area contributed by atoms with Crippen LogP contribution in [0.15, 0.2) is 18.2 Å². The van der Waals surface area contributed by atoms with E-state index in [0.29, 0.717) is 19.5 Å². The van der Waals surface area contributed by atoms with Crippen LogP contribution in [0.4, 0.5) is 4.39 Å². The van der Waals surface area contributed by atoms with Crippen LogP contribution in [0.5, 0.6) is 0 Å². The van der Waals surface area contributed by atoms with E-state index in [1.54, 1.807) is 12.1 Å². The van der Waals surface area contributed by atoms with E-state index in [2.05, 4.69) is 6.07 Å². The summed E-state index contributed by atoms with van der Waals surface area (Å²) in [6.45, 7) is 1.92. The molecule has 1 aliphatic rings. The van der Waals surface area contributed by atoms with Crippen molar-refractivity contribution in [1.82, 2.24) is 4.90 Å². The van der Waals surface area contributed by atoms with Crippen LogP contribution in [-0.4, -0.2) is 29.1 Å². The Balaban J connectivity index is 1.94. The minimum atomic E-state index is -0.741. The van der Waals surface area contributed by atoms with Gasteiger partial charge in [-0.3, -0.25) is 9.69 Å². The number of nitrogens with zero attached hydrogens (tertiary/aromatic N) is 1. The molecule has 1 saturated heterocycles. The Morgan fingerprint density at radius 3 is 3.12 bits per heavy atom. The smallest absolute Gasteiger partial charge is 0.307 e. The van der Waals surface area contributed by atoms with Gasteiger partial charge in [0.2, 0.25) is 0 Å². The number of likely N-dealkylation sites (tertiary alicyclic amines) is 1. The summed E-state index contributed by atoms with van der Waals surface area (Å²) in [6.07, 6.45) is 0.677. The van der Waals surface area contributed by atoms with Gasteiger partial charge in [-0.05, 0) is 24.6 Å². The van der Waals surface area contributed by atoms with Gasteiger partial charge >= 0.3 is 5.97 Å². The van der Waals surface area contributed by atoms with Gasteiger partial charge in [0.05, 0.1) is 5.92 Å². The molecule has 0 saturated carbocycles. The lowest BCUT2D eigenvalue weighted by molar-refractivity contribution is -0.141. The first-order chi connectivity index (χ1) is 7.65. The molecule has 1 aromatic carbocycles. The van der Waals surface area contributed by atoms with Crippen molar-refractivity contribution < 1.29 is 14.3 Å². The standard InChI is InChI=1S/C12H13FNO2/c13-11-3-1-2-9(6-11)7-14-5-4-10(8-14)12(15)16/h1-2,6,10H,4-5,7-8H2,(H,15,16)/t10-/m0/s1. The lowest BCUT2D eigenvalue weighted by Gasteiger charge is -2.14. The fourth-order valence-corrected chi connectivity index (χ4v) is 2.02. The predicted molar refractivity (Wildman–Crippen MR) is 56.3 cm³/mol. The van der Waals surface area contributed by atoms with Crippen molar-refractivity contribution in [2.24, 2.45) is 5.92 Å². The number of carboxylic acids is 1. The van der Waals surface area contributed by atoms with Crippen LogP contribution < -0.4 is 0 Å². The number of benzene rings is 1. The molecule has 1 atom stereocenters. The van der Waals surface area contributed by atoms with Crippen molar-refractivity contribution in [1.29, 1.82) is 0 Å². The van der Waals surface area contributed by atoms with Gasteiger partial charge in [-0.1, -0.05) is 12.1 Å². The zero-order chi connectivity index (χ0) is 11.5. The molecule has 0 aliphatic carbocycles. The molecule has 1 heterocycles. The predicted octanol–water partition coefficient (Wildman–Crippen LogP) is 1.53. The SMILES string of the molecule is O=C(O)[C@H]1CCN(Cc2cc[c]c(F)c2)C1. The molecule has 1 N–H and O–H groups in total. The third-order valence-corrected chi connectivity index (χ3v) is 2.86. The van der Waals surface area contributed by atoms with Gasteiger partial charge in [0.25, 0.3) is 0 Å². The highest BCUT2D eigenvalue weighted by atomic mass is 19.1. The number of carbonyl (C=O) groups is 1. The molecule has 0 aromatic heterocycles. The molecular formula is C12H13FNO2. The van der Waals surface area contributed by atoms with Crippen LogP contribution in [-0.2, 0) is 11.3 Å². The van der Waals surface area contributed by atoms with Crippen molar-refractivity contribution in [2.75, 3.05) is 13.1 Å². The topological polar surface area (TPSA) is 40.5 Å². The molecule has 1 aliphatic heterocycles. The highest BCUT2D eigenvalue weighted by Gasteiger charge is 2.27. The van der Waals surface area contributed by atoms with Crippen molar-refractivity contribution in [2.45, 2.75) is 13.0 Å². The molecule has 1 fully saturated rings. The largest absolute Gasteiger partial charge is 0.481 e. The lowest BCUT2D eigenvalue weighted by Crippen LogP contribution is -2.22. The normalized spacial score (nSPS) is 21.2. The highest BCUT2D eigenvalue weighted by Crippen LogP contribution is 2.18. The Kier molecular flexibility index (Phi) is 3.19. The molecule has 0 amide bonds. The van der Waals surface area contributed by atoms with Crippen molar-refractivity contribution in [3.63, 3.8) is 0 Å². The molecule has 0 bridgehead atoms. The monoisotopic (exact) mass is 222 g/mol. The summed E-state index contributed by atoms with van der Waals surface area (Å²) < 4.78 is 12.9.